The molecule has 2 aliphatic carbocycles. The van der Waals surface area contributed by atoms with E-state index < -0.39 is 26.0 Å². The molecule has 0 radical (unpaired) electrons. The first kappa shape index (κ1) is 30.0. The van der Waals surface area contributed by atoms with E-state index in [0.29, 0.717) is 27.8 Å². The average Bonchev–Trinajstić information content (AvgIpc) is 2.94. The summed E-state index contributed by atoms with van der Waals surface area (Å²) in [5.41, 5.74) is 3.13. The summed E-state index contributed by atoms with van der Waals surface area (Å²) in [6.07, 6.45) is 7.55. The Morgan fingerprint density at radius 1 is 0.786 bits per heavy atom. The molecule has 10 nitrogen and oxygen atoms in total. The van der Waals surface area contributed by atoms with E-state index >= 15 is 0 Å². The Bertz CT molecular complexity index is 1550. The van der Waals surface area contributed by atoms with Crippen molar-refractivity contribution >= 4 is 37.7 Å². The number of hydrogen-bond acceptors (Lipinski definition) is 8. The number of anilines is 2. The van der Waals surface area contributed by atoms with Gasteiger partial charge in [-0.3, -0.25) is 4.79 Å². The summed E-state index contributed by atoms with van der Waals surface area (Å²) in [4.78, 5) is 22.6. The van der Waals surface area contributed by atoms with Crippen LogP contribution in [0.25, 0.3) is 0 Å². The number of carbonyl (C=O) groups is 1. The second-order valence-corrected chi connectivity index (χ2v) is 15.1. The number of amides is 1. The van der Waals surface area contributed by atoms with Crippen LogP contribution in [0, 0.1) is 0 Å². The molecule has 1 amide bonds. The van der Waals surface area contributed by atoms with Gasteiger partial charge in [0, 0.05) is 17.6 Å². The third-order valence-electron chi connectivity index (χ3n) is 7.87. The lowest BCUT2D eigenvalue weighted by molar-refractivity contribution is -0.122. The Hall–Kier alpha value is -3.51. The molecule has 2 aromatic carbocycles. The summed E-state index contributed by atoms with van der Waals surface area (Å²) in [5, 5.41) is 6.59. The van der Waals surface area contributed by atoms with Gasteiger partial charge in [-0.2, -0.15) is 4.98 Å². The highest BCUT2D eigenvalue weighted by molar-refractivity contribution is 8.09. The first-order valence-corrected chi connectivity index (χ1v) is 18.0. The number of nitrogens with one attached hydrogen (secondary N) is 2. The molecule has 5 rings (SSSR count). The predicted octanol–water partition coefficient (Wildman–Crippen LogP) is 3.75. The monoisotopic (exact) mass is 611 g/mol. The predicted molar refractivity (Wildman–Crippen MR) is 163 cm³/mol. The smallest absolute Gasteiger partial charge is 0.246 e. The molecular formula is C30H37N5O5S2. The van der Waals surface area contributed by atoms with E-state index in [1.807, 2.05) is 60.7 Å². The molecule has 1 heterocycles. The zero-order chi connectivity index (χ0) is 29.9. The molecule has 42 heavy (non-hydrogen) atoms. The molecule has 0 spiro atoms. The fourth-order valence-electron chi connectivity index (χ4n) is 5.99. The Balaban J connectivity index is 1.29. The largest absolute Gasteiger partial charge is 0.353 e. The molecule has 2 aliphatic rings. The number of carbonyl (C=O) groups excluding carboxylic acids is 1. The van der Waals surface area contributed by atoms with Crippen molar-refractivity contribution in [2.75, 3.05) is 21.5 Å². The fourth-order valence-corrected chi connectivity index (χ4v) is 8.88. The van der Waals surface area contributed by atoms with Gasteiger partial charge < -0.3 is 10.6 Å². The number of rotatable bonds is 9. The third-order valence-corrected chi connectivity index (χ3v) is 11.0. The van der Waals surface area contributed by atoms with Crippen LogP contribution in [0.15, 0.2) is 60.7 Å². The minimum absolute atomic E-state index is 0.00314. The third kappa shape index (κ3) is 6.92. The lowest BCUT2D eigenvalue weighted by Gasteiger charge is -2.31. The van der Waals surface area contributed by atoms with Crippen molar-refractivity contribution in [3.05, 3.63) is 83.0 Å². The maximum Gasteiger partial charge on any atom is 0.246 e. The van der Waals surface area contributed by atoms with Gasteiger partial charge in [0.25, 0.3) is 0 Å². The van der Waals surface area contributed by atoms with Crippen molar-refractivity contribution < 1.29 is 21.6 Å². The molecule has 0 bridgehead atoms. The molecule has 3 aromatic rings. The molecule has 0 aliphatic heterocycles. The highest BCUT2D eigenvalue weighted by Gasteiger charge is 2.34. The van der Waals surface area contributed by atoms with Crippen molar-refractivity contribution in [2.45, 2.75) is 69.4 Å². The Labute approximate surface area is 248 Å². The fraction of sp³-hybridized carbons (Fsp3) is 0.433. The first-order chi connectivity index (χ1) is 20.0. The topological polar surface area (TPSA) is 138 Å². The van der Waals surface area contributed by atoms with E-state index in [9.17, 15) is 21.6 Å². The average molecular weight is 612 g/mol. The van der Waals surface area contributed by atoms with Crippen molar-refractivity contribution in [1.82, 2.24) is 15.3 Å². The van der Waals surface area contributed by atoms with Gasteiger partial charge in [0.1, 0.15) is 0 Å². The summed E-state index contributed by atoms with van der Waals surface area (Å²) in [6.45, 7) is 0. The zero-order valence-corrected chi connectivity index (χ0v) is 25.5. The summed E-state index contributed by atoms with van der Waals surface area (Å²) in [5.74, 6) is -0.295. The number of hydrogen-bond donors (Lipinski definition) is 2. The van der Waals surface area contributed by atoms with Crippen LogP contribution < -0.4 is 14.3 Å². The highest BCUT2D eigenvalue weighted by atomic mass is 32.3. The normalized spacial score (nSPS) is 19.1. The summed E-state index contributed by atoms with van der Waals surface area (Å²) in [6, 6.07) is 19.5. The van der Waals surface area contributed by atoms with Gasteiger partial charge >= 0.3 is 0 Å². The van der Waals surface area contributed by atoms with Crippen LogP contribution in [-0.4, -0.2) is 57.3 Å². The zero-order valence-electron chi connectivity index (χ0n) is 23.9. The molecule has 0 saturated heterocycles. The highest BCUT2D eigenvalue weighted by Crippen LogP contribution is 2.33. The van der Waals surface area contributed by atoms with Crippen molar-refractivity contribution in [2.24, 2.45) is 0 Å². The number of aromatic nitrogens is 2. The molecule has 0 unspecified atom stereocenters. The van der Waals surface area contributed by atoms with E-state index in [0.717, 1.165) is 62.2 Å². The summed E-state index contributed by atoms with van der Waals surface area (Å²) in [7, 11) is -8.28. The van der Waals surface area contributed by atoms with Crippen LogP contribution in [-0.2, 0) is 37.7 Å². The van der Waals surface area contributed by atoms with E-state index in [1.165, 1.54) is 0 Å². The van der Waals surface area contributed by atoms with Crippen LogP contribution in [0.4, 0.5) is 11.8 Å². The van der Waals surface area contributed by atoms with Gasteiger partial charge in [-0.05, 0) is 62.5 Å². The molecule has 1 aromatic heterocycles. The number of fused-ring (bicyclic) bond motifs is 1. The second-order valence-electron chi connectivity index (χ2n) is 11.2. The lowest BCUT2D eigenvalue weighted by Crippen LogP contribution is -2.42. The van der Waals surface area contributed by atoms with Gasteiger partial charge in [0.15, 0.2) is 5.82 Å². The second kappa shape index (κ2) is 12.4. The number of aryl methyl sites for hydroxylation is 1. The van der Waals surface area contributed by atoms with E-state index in [4.69, 9.17) is 0 Å². The maximum absolute atomic E-state index is 13.5. The van der Waals surface area contributed by atoms with Crippen molar-refractivity contribution in [3.63, 3.8) is 0 Å². The molecule has 0 atom stereocenters. The van der Waals surface area contributed by atoms with Gasteiger partial charge in [-0.25, -0.2) is 21.8 Å². The molecule has 224 valence electrons. The lowest BCUT2D eigenvalue weighted by atomic mass is 9.88. The molecular weight excluding hydrogens is 574 g/mol. The number of nitrogens with zero attached hydrogens (tertiary/aromatic N) is 3. The van der Waals surface area contributed by atoms with Crippen LogP contribution >= 0.6 is 0 Å². The van der Waals surface area contributed by atoms with Crippen LogP contribution in [0.3, 0.4) is 0 Å². The summed E-state index contributed by atoms with van der Waals surface area (Å²) >= 11 is 0. The minimum Gasteiger partial charge on any atom is -0.353 e. The first-order valence-electron chi connectivity index (χ1n) is 14.3. The Kier molecular flexibility index (Phi) is 8.84. The van der Waals surface area contributed by atoms with E-state index in [-0.39, 0.29) is 29.8 Å². The van der Waals surface area contributed by atoms with Crippen LogP contribution in [0.5, 0.6) is 0 Å². The van der Waals surface area contributed by atoms with Crippen LogP contribution in [0.1, 0.15) is 66.8 Å². The quantitative estimate of drug-likeness (QED) is 0.373. The Morgan fingerprint density at radius 3 is 1.86 bits per heavy atom. The number of sulfonamides is 2. The van der Waals surface area contributed by atoms with Crippen molar-refractivity contribution in [1.29, 1.82) is 0 Å². The van der Waals surface area contributed by atoms with Crippen LogP contribution in [0.2, 0.25) is 0 Å². The molecule has 12 heteroatoms. The maximum atomic E-state index is 13.5. The minimum atomic E-state index is -4.14. The van der Waals surface area contributed by atoms with Crippen molar-refractivity contribution in [3.8, 4) is 0 Å². The molecule has 2 N–H and O–H groups in total. The Morgan fingerprint density at radius 2 is 1.31 bits per heavy atom. The van der Waals surface area contributed by atoms with Gasteiger partial charge in [-0.15, -0.1) is 3.71 Å². The number of benzene rings is 2. The standard InChI is InChI=1S/C30H37N5O5S2/c1-41(37,38)35(42(2,39)40)28-25-15-9-10-16-26(25)33-30(34-28)32-24-19-17-23(18-20-24)31-29(36)27(21-11-5-3-6-12-21)22-13-7-4-8-14-22/h3-8,11-14,23-24,27H,9-10,15-20H2,1-2H3,(H,31,36)(H,32,33,34). The summed E-state index contributed by atoms with van der Waals surface area (Å²) < 4.78 is 50.6. The van der Waals surface area contributed by atoms with Gasteiger partial charge in [0.2, 0.25) is 31.9 Å². The van der Waals surface area contributed by atoms with E-state index in [1.54, 1.807) is 0 Å². The molecule has 1 saturated carbocycles. The van der Waals surface area contributed by atoms with Gasteiger partial charge in [-0.1, -0.05) is 60.7 Å². The SMILES string of the molecule is CS(=O)(=O)N(c1nc(NC2CCC(NC(=O)C(c3ccccc3)c3ccccc3)CC2)nc2c1CCCC2)S(C)(=O)=O. The van der Waals surface area contributed by atoms with E-state index in [2.05, 4.69) is 20.6 Å². The van der Waals surface area contributed by atoms with Gasteiger partial charge in [0.05, 0.1) is 24.1 Å². The molecule has 1 fully saturated rings.